The first-order valence-electron chi connectivity index (χ1n) is 8.82. The molecule has 2 rings (SSSR count). The zero-order chi connectivity index (χ0) is 18.7. The number of allylic oxidation sites excluding steroid dienone is 2. The zero-order valence-electron chi connectivity index (χ0n) is 15.5. The van der Waals surface area contributed by atoms with Gasteiger partial charge in [0.2, 0.25) is 0 Å². The number of rotatable bonds is 3. The first-order valence-corrected chi connectivity index (χ1v) is 8.82. The number of carbonyl (C=O) groups is 2. The normalized spacial score (nSPS) is 30.3. The average molecular weight is 348 g/mol. The minimum atomic E-state index is -0.998. The number of hydrogen-bond donors (Lipinski definition) is 1. The maximum absolute atomic E-state index is 12.2. The molecule has 1 aliphatic heterocycles. The molecule has 1 heterocycles. The molecule has 0 spiro atoms. The van der Waals surface area contributed by atoms with Gasteiger partial charge in [-0.05, 0) is 44.3 Å². The van der Waals surface area contributed by atoms with E-state index in [1.165, 1.54) is 0 Å². The molecule has 4 atom stereocenters. The van der Waals surface area contributed by atoms with Crippen LogP contribution >= 0.6 is 0 Å². The van der Waals surface area contributed by atoms with E-state index in [9.17, 15) is 14.7 Å². The third-order valence-corrected chi connectivity index (χ3v) is 4.69. The van der Waals surface area contributed by atoms with Crippen LogP contribution in [0.2, 0.25) is 0 Å². The lowest BCUT2D eigenvalue weighted by molar-refractivity contribution is -0.158. The van der Waals surface area contributed by atoms with Crippen molar-refractivity contribution in [2.45, 2.75) is 65.3 Å². The van der Waals surface area contributed by atoms with Crippen molar-refractivity contribution in [3.63, 3.8) is 0 Å². The third kappa shape index (κ3) is 4.60. The number of ether oxygens (including phenoxy) is 2. The maximum atomic E-state index is 12.2. The predicted octanol–water partition coefficient (Wildman–Crippen LogP) is 3.09. The Kier molecular flexibility index (Phi) is 6.22. The topological polar surface area (TPSA) is 72.8 Å². The first kappa shape index (κ1) is 19.4. The highest BCUT2D eigenvalue weighted by molar-refractivity contribution is 5.91. The van der Waals surface area contributed by atoms with Gasteiger partial charge >= 0.3 is 11.9 Å². The fourth-order valence-corrected chi connectivity index (χ4v) is 3.27. The van der Waals surface area contributed by atoms with Gasteiger partial charge in [0, 0.05) is 12.0 Å². The molecular weight excluding hydrogens is 320 g/mol. The summed E-state index contributed by atoms with van der Waals surface area (Å²) in [4.78, 5) is 24.3. The van der Waals surface area contributed by atoms with Gasteiger partial charge in [-0.1, -0.05) is 32.1 Å². The van der Waals surface area contributed by atoms with Crippen LogP contribution < -0.4 is 0 Å². The van der Waals surface area contributed by atoms with E-state index in [2.05, 4.69) is 6.58 Å². The molecule has 4 unspecified atom stereocenters. The molecule has 0 radical (unpaired) electrons. The van der Waals surface area contributed by atoms with Crippen LogP contribution in [-0.4, -0.2) is 35.4 Å². The molecule has 0 saturated carbocycles. The molecule has 0 aromatic heterocycles. The van der Waals surface area contributed by atoms with Crippen LogP contribution in [-0.2, 0) is 19.1 Å². The first-order chi connectivity index (χ1) is 11.7. The molecule has 25 heavy (non-hydrogen) atoms. The second-order valence-electron chi connectivity index (χ2n) is 7.42. The van der Waals surface area contributed by atoms with Gasteiger partial charge in [-0.3, -0.25) is 4.79 Å². The fraction of sp³-hybridized carbons (Fsp3) is 0.600. The summed E-state index contributed by atoms with van der Waals surface area (Å²) in [6, 6.07) is 0. The van der Waals surface area contributed by atoms with E-state index < -0.39 is 36.2 Å². The van der Waals surface area contributed by atoms with Crippen LogP contribution in [0.3, 0.4) is 0 Å². The summed E-state index contributed by atoms with van der Waals surface area (Å²) >= 11 is 0. The molecule has 1 fully saturated rings. The Bertz CT molecular complexity index is 614. The second kappa shape index (κ2) is 8.00. The lowest BCUT2D eigenvalue weighted by Gasteiger charge is -2.31. The Labute approximate surface area is 149 Å². The van der Waals surface area contributed by atoms with Crippen molar-refractivity contribution < 1.29 is 24.2 Å². The highest BCUT2D eigenvalue weighted by Gasteiger charge is 2.47. The SMILES string of the molecule is C=C1C(=O)OC2C=C(C)CCC=C(C)C(O)C(OC(=O)CC(C)C)C12. The Morgan fingerprint density at radius 2 is 2.12 bits per heavy atom. The molecular formula is C20H28O5. The molecule has 5 heteroatoms. The van der Waals surface area contributed by atoms with Crippen LogP contribution in [0, 0.1) is 11.8 Å². The lowest BCUT2D eigenvalue weighted by atomic mass is 9.84. The summed E-state index contributed by atoms with van der Waals surface area (Å²) in [5.41, 5.74) is 2.05. The third-order valence-electron chi connectivity index (χ3n) is 4.69. The molecule has 0 aromatic carbocycles. The van der Waals surface area contributed by atoms with Gasteiger partial charge in [-0.15, -0.1) is 0 Å². The van der Waals surface area contributed by atoms with E-state index in [-0.39, 0.29) is 17.9 Å². The number of fused-ring (bicyclic) bond motifs is 1. The van der Waals surface area contributed by atoms with Crippen molar-refractivity contribution in [1.82, 2.24) is 0 Å². The molecule has 5 nitrogen and oxygen atoms in total. The fourth-order valence-electron chi connectivity index (χ4n) is 3.27. The van der Waals surface area contributed by atoms with Gasteiger partial charge in [-0.2, -0.15) is 0 Å². The van der Waals surface area contributed by atoms with Crippen molar-refractivity contribution in [2.75, 3.05) is 0 Å². The van der Waals surface area contributed by atoms with Gasteiger partial charge in [0.05, 0.1) is 5.92 Å². The minimum Gasteiger partial charge on any atom is -0.458 e. The summed E-state index contributed by atoms with van der Waals surface area (Å²) < 4.78 is 11.1. The predicted molar refractivity (Wildman–Crippen MR) is 94.6 cm³/mol. The average Bonchev–Trinajstić information content (AvgIpc) is 2.77. The van der Waals surface area contributed by atoms with E-state index in [4.69, 9.17) is 9.47 Å². The van der Waals surface area contributed by atoms with Crippen LogP contribution in [0.1, 0.15) is 47.0 Å². The Morgan fingerprint density at radius 1 is 1.44 bits per heavy atom. The standard InChI is InChI=1S/C20H28O5/c1-11(2)9-16(21)25-19-17-14(5)20(23)24-15(17)10-12(3)7-6-8-13(4)18(19)22/h8,10-11,15,17-19,22H,5-7,9H2,1-4H3. The second-order valence-corrected chi connectivity index (χ2v) is 7.42. The molecule has 138 valence electrons. The van der Waals surface area contributed by atoms with Crippen molar-refractivity contribution in [1.29, 1.82) is 0 Å². The van der Waals surface area contributed by atoms with Crippen LogP contribution in [0.15, 0.2) is 35.5 Å². The van der Waals surface area contributed by atoms with E-state index in [0.717, 1.165) is 24.0 Å². The smallest absolute Gasteiger partial charge is 0.334 e. The van der Waals surface area contributed by atoms with E-state index in [1.807, 2.05) is 39.8 Å². The summed E-state index contributed by atoms with van der Waals surface area (Å²) in [5.74, 6) is -1.34. The van der Waals surface area contributed by atoms with Gasteiger partial charge in [0.25, 0.3) is 0 Å². The monoisotopic (exact) mass is 348 g/mol. The Hall–Kier alpha value is -1.88. The van der Waals surface area contributed by atoms with Crippen LogP contribution in [0.4, 0.5) is 0 Å². The van der Waals surface area contributed by atoms with Crippen molar-refractivity contribution >= 4 is 11.9 Å². The summed E-state index contributed by atoms with van der Waals surface area (Å²) in [6.45, 7) is 11.5. The Morgan fingerprint density at radius 3 is 2.76 bits per heavy atom. The number of carbonyl (C=O) groups excluding carboxylic acids is 2. The molecule has 0 amide bonds. The number of esters is 2. The summed E-state index contributed by atoms with van der Waals surface area (Å²) in [6.07, 6.45) is 3.20. The van der Waals surface area contributed by atoms with Gasteiger partial charge < -0.3 is 14.6 Å². The maximum Gasteiger partial charge on any atom is 0.334 e. The molecule has 1 N–H and O–H groups in total. The lowest BCUT2D eigenvalue weighted by Crippen LogP contribution is -2.42. The van der Waals surface area contributed by atoms with Crippen molar-refractivity contribution in [3.8, 4) is 0 Å². The highest BCUT2D eigenvalue weighted by atomic mass is 16.6. The largest absolute Gasteiger partial charge is 0.458 e. The minimum absolute atomic E-state index is 0.142. The zero-order valence-corrected chi connectivity index (χ0v) is 15.5. The number of aliphatic hydroxyl groups is 1. The van der Waals surface area contributed by atoms with Crippen LogP contribution in [0.25, 0.3) is 0 Å². The quantitative estimate of drug-likeness (QED) is 0.482. The molecule has 1 aliphatic carbocycles. The molecule has 2 aliphatic rings. The molecule has 0 bridgehead atoms. The van der Waals surface area contributed by atoms with Gasteiger partial charge in [0.1, 0.15) is 18.3 Å². The summed E-state index contributed by atoms with van der Waals surface area (Å²) in [7, 11) is 0. The van der Waals surface area contributed by atoms with E-state index >= 15 is 0 Å². The summed E-state index contributed by atoms with van der Waals surface area (Å²) in [5, 5.41) is 10.8. The molecule has 1 saturated heterocycles. The molecule has 0 aromatic rings. The number of hydrogen-bond acceptors (Lipinski definition) is 5. The highest BCUT2D eigenvalue weighted by Crippen LogP contribution is 2.36. The van der Waals surface area contributed by atoms with Gasteiger partial charge in [0.15, 0.2) is 0 Å². The van der Waals surface area contributed by atoms with E-state index in [1.54, 1.807) is 0 Å². The van der Waals surface area contributed by atoms with Crippen molar-refractivity contribution in [2.24, 2.45) is 11.8 Å². The van der Waals surface area contributed by atoms with Gasteiger partial charge in [-0.25, -0.2) is 4.79 Å². The number of aliphatic hydroxyl groups excluding tert-OH is 1. The Balaban J connectivity index is 2.40. The van der Waals surface area contributed by atoms with Crippen molar-refractivity contribution in [3.05, 3.63) is 35.5 Å². The van der Waals surface area contributed by atoms with E-state index in [0.29, 0.717) is 0 Å². The van der Waals surface area contributed by atoms with Crippen LogP contribution in [0.5, 0.6) is 0 Å².